The van der Waals surface area contributed by atoms with Crippen molar-refractivity contribution in [1.82, 2.24) is 14.9 Å². The summed E-state index contributed by atoms with van der Waals surface area (Å²) in [4.78, 5) is 26.0. The average Bonchev–Trinajstić information content (AvgIpc) is 2.79. The summed E-state index contributed by atoms with van der Waals surface area (Å²) in [6.45, 7) is 4.65. The molecule has 30 heavy (non-hydrogen) atoms. The van der Waals surface area contributed by atoms with Gasteiger partial charge in [0.25, 0.3) is 5.91 Å². The zero-order valence-electron chi connectivity index (χ0n) is 16.7. The number of carbonyl (C=O) groups is 1. The highest BCUT2D eigenvalue weighted by molar-refractivity contribution is 5.93. The van der Waals surface area contributed by atoms with Crippen molar-refractivity contribution in [3.05, 3.63) is 77.6 Å². The summed E-state index contributed by atoms with van der Waals surface area (Å²) in [5.41, 5.74) is 3.32. The van der Waals surface area contributed by atoms with Crippen LogP contribution in [0.3, 0.4) is 0 Å². The molecule has 4 rings (SSSR count). The minimum Gasteiger partial charge on any atom is -0.368 e. The van der Waals surface area contributed by atoms with E-state index in [9.17, 15) is 10.1 Å². The number of nitrogens with zero attached hydrogens (tertiary/aromatic N) is 5. The number of carbonyl (C=O) groups excluding carboxylic acids is 1. The summed E-state index contributed by atoms with van der Waals surface area (Å²) in [5, 5.41) is 12.3. The van der Waals surface area contributed by atoms with Crippen LogP contribution < -0.4 is 10.2 Å². The molecular weight excluding hydrogens is 376 g/mol. The number of anilines is 3. The summed E-state index contributed by atoms with van der Waals surface area (Å²) in [7, 11) is 0. The lowest BCUT2D eigenvalue weighted by molar-refractivity contribution is 0.0740. The molecule has 150 valence electrons. The molecule has 1 aliphatic heterocycles. The molecule has 0 atom stereocenters. The monoisotopic (exact) mass is 398 g/mol. The summed E-state index contributed by atoms with van der Waals surface area (Å²) in [5.74, 6) is 0.203. The van der Waals surface area contributed by atoms with Gasteiger partial charge in [-0.2, -0.15) is 5.26 Å². The van der Waals surface area contributed by atoms with Crippen LogP contribution >= 0.6 is 0 Å². The molecule has 1 saturated heterocycles. The van der Waals surface area contributed by atoms with E-state index >= 15 is 0 Å². The van der Waals surface area contributed by atoms with Crippen LogP contribution in [0.4, 0.5) is 17.3 Å². The van der Waals surface area contributed by atoms with Crippen LogP contribution in [0.1, 0.15) is 21.7 Å². The number of para-hydroxylation sites is 2. The molecule has 1 aliphatic rings. The third-order valence-corrected chi connectivity index (χ3v) is 5.06. The largest absolute Gasteiger partial charge is 0.368 e. The Labute approximate surface area is 175 Å². The molecule has 0 unspecified atom stereocenters. The summed E-state index contributed by atoms with van der Waals surface area (Å²) < 4.78 is 0. The number of benzene rings is 2. The maximum atomic E-state index is 13.1. The molecule has 7 nitrogen and oxygen atoms in total. The number of aromatic nitrogens is 2. The van der Waals surface area contributed by atoms with E-state index in [1.165, 1.54) is 5.69 Å². The van der Waals surface area contributed by atoms with Crippen LogP contribution in [-0.4, -0.2) is 47.0 Å². The Balaban J connectivity index is 1.48. The minimum atomic E-state index is -0.107. The van der Waals surface area contributed by atoms with Crippen LogP contribution in [0.5, 0.6) is 0 Å². The molecule has 1 amide bonds. The quantitative estimate of drug-likeness (QED) is 0.725. The fraction of sp³-hybridized carbons (Fsp3) is 0.217. The van der Waals surface area contributed by atoms with Gasteiger partial charge in [-0.05, 0) is 37.3 Å². The standard InChI is InChI=1S/C23H22N6O/c1-17-15-21(27-23(25-17)26-20-10-6-5-7-18(20)16-24)22(30)29-13-11-28(12-14-29)19-8-3-2-4-9-19/h2-10,15H,11-14H2,1H3,(H,25,26,27). The average molecular weight is 398 g/mol. The third kappa shape index (κ3) is 4.23. The van der Waals surface area contributed by atoms with E-state index in [1.54, 1.807) is 24.3 Å². The van der Waals surface area contributed by atoms with E-state index in [2.05, 4.69) is 38.4 Å². The van der Waals surface area contributed by atoms with Gasteiger partial charge < -0.3 is 15.1 Å². The van der Waals surface area contributed by atoms with Gasteiger partial charge in [-0.25, -0.2) is 9.97 Å². The maximum absolute atomic E-state index is 13.1. The van der Waals surface area contributed by atoms with Crippen molar-refractivity contribution in [2.45, 2.75) is 6.92 Å². The molecule has 7 heteroatoms. The van der Waals surface area contributed by atoms with Crippen LogP contribution in [0.15, 0.2) is 60.7 Å². The number of aryl methyl sites for hydroxylation is 1. The first-order chi connectivity index (χ1) is 14.6. The SMILES string of the molecule is Cc1cc(C(=O)N2CCN(c3ccccc3)CC2)nc(Nc2ccccc2C#N)n1. The van der Waals surface area contributed by atoms with E-state index in [4.69, 9.17) is 0 Å². The Morgan fingerprint density at radius 2 is 1.70 bits per heavy atom. The van der Waals surface area contributed by atoms with Crippen LogP contribution in [0.2, 0.25) is 0 Å². The number of piperazine rings is 1. The summed E-state index contributed by atoms with van der Waals surface area (Å²) in [6, 6.07) is 21.2. The van der Waals surface area contributed by atoms with E-state index in [0.29, 0.717) is 41.7 Å². The van der Waals surface area contributed by atoms with Crippen molar-refractivity contribution in [3.63, 3.8) is 0 Å². The molecule has 1 N–H and O–H groups in total. The Morgan fingerprint density at radius 1 is 1.00 bits per heavy atom. The van der Waals surface area contributed by atoms with E-state index in [0.717, 1.165) is 13.1 Å². The van der Waals surface area contributed by atoms with E-state index < -0.39 is 0 Å². The Morgan fingerprint density at radius 3 is 2.43 bits per heavy atom. The van der Waals surface area contributed by atoms with Gasteiger partial charge in [0.2, 0.25) is 5.95 Å². The van der Waals surface area contributed by atoms with Gasteiger partial charge in [0, 0.05) is 37.6 Å². The van der Waals surface area contributed by atoms with Gasteiger partial charge in [0.05, 0.1) is 11.3 Å². The van der Waals surface area contributed by atoms with Crippen molar-refractivity contribution in [2.24, 2.45) is 0 Å². The highest BCUT2D eigenvalue weighted by atomic mass is 16.2. The van der Waals surface area contributed by atoms with Gasteiger partial charge in [-0.15, -0.1) is 0 Å². The fourth-order valence-corrected chi connectivity index (χ4v) is 3.51. The second kappa shape index (κ2) is 8.62. The molecule has 0 saturated carbocycles. The molecule has 0 spiro atoms. The molecular formula is C23H22N6O. The van der Waals surface area contributed by atoms with Crippen molar-refractivity contribution < 1.29 is 4.79 Å². The van der Waals surface area contributed by atoms with Crippen LogP contribution in [-0.2, 0) is 0 Å². The lowest BCUT2D eigenvalue weighted by atomic mass is 10.2. The lowest BCUT2D eigenvalue weighted by Gasteiger charge is -2.36. The van der Waals surface area contributed by atoms with Crippen molar-refractivity contribution >= 4 is 23.2 Å². The first-order valence-corrected chi connectivity index (χ1v) is 9.85. The minimum absolute atomic E-state index is 0.107. The molecule has 1 aromatic heterocycles. The number of nitriles is 1. The Kier molecular flexibility index (Phi) is 5.57. The molecule has 0 radical (unpaired) electrons. The van der Waals surface area contributed by atoms with Gasteiger partial charge in [0.15, 0.2) is 0 Å². The van der Waals surface area contributed by atoms with Gasteiger partial charge in [0.1, 0.15) is 11.8 Å². The number of hydrogen-bond acceptors (Lipinski definition) is 6. The van der Waals surface area contributed by atoms with Crippen molar-refractivity contribution in [3.8, 4) is 6.07 Å². The molecule has 1 fully saturated rings. The second-order valence-electron chi connectivity index (χ2n) is 7.12. The predicted molar refractivity (Wildman–Crippen MR) is 116 cm³/mol. The summed E-state index contributed by atoms with van der Waals surface area (Å²) in [6.07, 6.45) is 0. The van der Waals surface area contributed by atoms with E-state index in [1.807, 2.05) is 36.1 Å². The third-order valence-electron chi connectivity index (χ3n) is 5.06. The topological polar surface area (TPSA) is 85.2 Å². The maximum Gasteiger partial charge on any atom is 0.272 e. The Hall–Kier alpha value is -3.92. The molecule has 2 heterocycles. The zero-order chi connectivity index (χ0) is 20.9. The van der Waals surface area contributed by atoms with Gasteiger partial charge >= 0.3 is 0 Å². The molecule has 3 aromatic rings. The predicted octanol–water partition coefficient (Wildman–Crippen LogP) is 3.36. The molecule has 0 bridgehead atoms. The van der Waals surface area contributed by atoms with Crippen molar-refractivity contribution in [2.75, 3.05) is 36.4 Å². The number of hydrogen-bond donors (Lipinski definition) is 1. The molecule has 2 aromatic carbocycles. The highest BCUT2D eigenvalue weighted by Gasteiger charge is 2.24. The first kappa shape index (κ1) is 19.4. The smallest absolute Gasteiger partial charge is 0.272 e. The van der Waals surface area contributed by atoms with Crippen LogP contribution in [0, 0.1) is 18.3 Å². The van der Waals surface area contributed by atoms with Gasteiger partial charge in [-0.3, -0.25) is 4.79 Å². The number of amides is 1. The van der Waals surface area contributed by atoms with Crippen molar-refractivity contribution in [1.29, 1.82) is 5.26 Å². The second-order valence-corrected chi connectivity index (χ2v) is 7.12. The summed E-state index contributed by atoms with van der Waals surface area (Å²) >= 11 is 0. The molecule has 0 aliphatic carbocycles. The normalized spacial score (nSPS) is 13.6. The van der Waals surface area contributed by atoms with E-state index in [-0.39, 0.29) is 5.91 Å². The van der Waals surface area contributed by atoms with Crippen LogP contribution in [0.25, 0.3) is 0 Å². The fourth-order valence-electron chi connectivity index (χ4n) is 3.51. The zero-order valence-corrected chi connectivity index (χ0v) is 16.7. The lowest BCUT2D eigenvalue weighted by Crippen LogP contribution is -2.49. The Bertz CT molecular complexity index is 1080. The highest BCUT2D eigenvalue weighted by Crippen LogP contribution is 2.20. The number of nitrogens with one attached hydrogen (secondary N) is 1. The van der Waals surface area contributed by atoms with Gasteiger partial charge in [-0.1, -0.05) is 30.3 Å². The number of rotatable bonds is 4. The first-order valence-electron chi connectivity index (χ1n) is 9.85.